The molecule has 0 unspecified atom stereocenters. The molecule has 37 heavy (non-hydrogen) atoms. The largest absolute Gasteiger partial charge is 0.444 e. The van der Waals surface area contributed by atoms with Crippen molar-refractivity contribution in [3.63, 3.8) is 0 Å². The molecule has 3 aromatic rings. The monoisotopic (exact) mass is 523 g/mol. The average Bonchev–Trinajstić information content (AvgIpc) is 2.86. The number of benzene rings is 2. The Morgan fingerprint density at radius 3 is 2.32 bits per heavy atom. The first kappa shape index (κ1) is 26.0. The molecule has 1 aliphatic rings. The van der Waals surface area contributed by atoms with Gasteiger partial charge >= 0.3 is 6.09 Å². The van der Waals surface area contributed by atoms with Crippen molar-refractivity contribution < 1.29 is 14.3 Å². The molecule has 0 atom stereocenters. The van der Waals surface area contributed by atoms with E-state index in [4.69, 9.17) is 22.1 Å². The minimum absolute atomic E-state index is 0.276. The number of carbonyl (C=O) groups is 2. The van der Waals surface area contributed by atoms with Crippen molar-refractivity contribution in [3.05, 3.63) is 65.3 Å². The summed E-state index contributed by atoms with van der Waals surface area (Å²) in [7, 11) is 0. The predicted octanol–water partition coefficient (Wildman–Crippen LogP) is 4.77. The topological polar surface area (TPSA) is 126 Å². The summed E-state index contributed by atoms with van der Waals surface area (Å²) in [5, 5.41) is 6.52. The summed E-state index contributed by atoms with van der Waals surface area (Å²) in [4.78, 5) is 36.7. The van der Waals surface area contributed by atoms with E-state index in [0.29, 0.717) is 54.2 Å². The number of rotatable bonds is 6. The fourth-order valence-electron chi connectivity index (χ4n) is 3.81. The molecule has 1 saturated heterocycles. The van der Waals surface area contributed by atoms with Crippen LogP contribution in [0.25, 0.3) is 0 Å². The molecule has 0 radical (unpaired) electrons. The van der Waals surface area contributed by atoms with Gasteiger partial charge in [0.05, 0.1) is 17.4 Å². The van der Waals surface area contributed by atoms with E-state index >= 15 is 0 Å². The summed E-state index contributed by atoms with van der Waals surface area (Å²) in [6.07, 6.45) is 1.20. The van der Waals surface area contributed by atoms with Crippen LogP contribution in [-0.4, -0.2) is 58.6 Å². The Labute approximate surface area is 220 Å². The maximum absolute atomic E-state index is 12.3. The van der Waals surface area contributed by atoms with Crippen LogP contribution in [0, 0.1) is 0 Å². The van der Waals surface area contributed by atoms with Crippen molar-refractivity contribution in [3.8, 4) is 0 Å². The van der Waals surface area contributed by atoms with Gasteiger partial charge in [-0.05, 0) is 57.2 Å². The van der Waals surface area contributed by atoms with Gasteiger partial charge in [0.15, 0.2) is 5.82 Å². The molecule has 2 aromatic carbocycles. The van der Waals surface area contributed by atoms with E-state index < -0.39 is 11.5 Å². The normalized spacial score (nSPS) is 13.7. The maximum atomic E-state index is 12.3. The quantitative estimate of drug-likeness (QED) is 0.421. The van der Waals surface area contributed by atoms with E-state index in [9.17, 15) is 9.59 Å². The van der Waals surface area contributed by atoms with Gasteiger partial charge in [0.25, 0.3) is 5.91 Å². The van der Waals surface area contributed by atoms with Crippen LogP contribution in [0.4, 0.5) is 33.6 Å². The Hall–Kier alpha value is -4.05. The molecule has 1 fully saturated rings. The van der Waals surface area contributed by atoms with Gasteiger partial charge in [-0.2, -0.15) is 4.98 Å². The number of hydrogen-bond acceptors (Lipinski definition) is 8. The molecule has 2 heterocycles. The van der Waals surface area contributed by atoms with E-state index in [-0.39, 0.29) is 6.09 Å². The Bertz CT molecular complexity index is 1270. The van der Waals surface area contributed by atoms with E-state index in [2.05, 4.69) is 25.5 Å². The standard InChI is InChI=1S/C26H30ClN7O3/c1-26(2,3)37-25(36)34-14-12-33(13-15-34)18-10-8-17(9-11-18)30-24-29-16-20(27)23(32-24)31-21-7-5-4-6-19(21)22(28)35/h4-11,16H,12-15H2,1-3H3,(H2,28,35)(H2,29,30,31,32). The van der Waals surface area contributed by atoms with Crippen LogP contribution < -0.4 is 21.3 Å². The molecule has 0 spiro atoms. The molecule has 4 N–H and O–H groups in total. The molecule has 1 aromatic heterocycles. The van der Waals surface area contributed by atoms with Crippen LogP contribution >= 0.6 is 11.6 Å². The number of anilines is 5. The minimum Gasteiger partial charge on any atom is -0.444 e. The van der Waals surface area contributed by atoms with Crippen LogP contribution in [0.5, 0.6) is 0 Å². The Balaban J connectivity index is 1.38. The Morgan fingerprint density at radius 2 is 1.68 bits per heavy atom. The van der Waals surface area contributed by atoms with E-state index in [0.717, 1.165) is 11.4 Å². The number of primary amides is 1. The van der Waals surface area contributed by atoms with Crippen LogP contribution in [0.3, 0.4) is 0 Å². The third kappa shape index (κ3) is 6.79. The molecule has 11 heteroatoms. The van der Waals surface area contributed by atoms with E-state index in [1.807, 2.05) is 45.0 Å². The van der Waals surface area contributed by atoms with Crippen LogP contribution in [-0.2, 0) is 4.74 Å². The van der Waals surface area contributed by atoms with E-state index in [1.165, 1.54) is 6.20 Å². The molecule has 10 nitrogen and oxygen atoms in total. The summed E-state index contributed by atoms with van der Waals surface area (Å²) in [6, 6.07) is 14.7. The summed E-state index contributed by atoms with van der Waals surface area (Å²) in [5.41, 5.74) is 7.63. The maximum Gasteiger partial charge on any atom is 0.410 e. The molecular weight excluding hydrogens is 494 g/mol. The summed E-state index contributed by atoms with van der Waals surface area (Å²) < 4.78 is 5.47. The molecule has 0 aliphatic carbocycles. The molecular formula is C26H30ClN7O3. The fourth-order valence-corrected chi connectivity index (χ4v) is 3.95. The number of aromatic nitrogens is 2. The first-order valence-corrected chi connectivity index (χ1v) is 12.3. The van der Waals surface area contributed by atoms with Gasteiger partial charge in [-0.15, -0.1) is 0 Å². The highest BCUT2D eigenvalue weighted by Gasteiger charge is 2.26. The first-order chi connectivity index (χ1) is 17.6. The number of nitrogens with one attached hydrogen (secondary N) is 2. The van der Waals surface area contributed by atoms with Crippen molar-refractivity contribution in [1.82, 2.24) is 14.9 Å². The zero-order valence-electron chi connectivity index (χ0n) is 21.0. The van der Waals surface area contributed by atoms with Gasteiger partial charge in [0.2, 0.25) is 5.95 Å². The fraction of sp³-hybridized carbons (Fsp3) is 0.308. The lowest BCUT2D eigenvalue weighted by Crippen LogP contribution is -2.50. The second kappa shape index (κ2) is 10.9. The van der Waals surface area contributed by atoms with Crippen molar-refractivity contribution in [2.75, 3.05) is 41.7 Å². The van der Waals surface area contributed by atoms with Crippen molar-refractivity contribution in [1.29, 1.82) is 0 Å². The lowest BCUT2D eigenvalue weighted by molar-refractivity contribution is 0.0240. The number of ether oxygens (including phenoxy) is 1. The summed E-state index contributed by atoms with van der Waals surface area (Å²) in [6.45, 7) is 8.23. The Kier molecular flexibility index (Phi) is 7.68. The third-order valence-corrected chi connectivity index (χ3v) is 5.89. The van der Waals surface area contributed by atoms with Gasteiger partial charge < -0.3 is 30.9 Å². The lowest BCUT2D eigenvalue weighted by atomic mass is 10.1. The van der Waals surface area contributed by atoms with Crippen LogP contribution in [0.2, 0.25) is 5.02 Å². The second-order valence-corrected chi connectivity index (χ2v) is 9.96. The van der Waals surface area contributed by atoms with Gasteiger partial charge in [-0.3, -0.25) is 4.79 Å². The number of halogens is 1. The third-order valence-electron chi connectivity index (χ3n) is 5.61. The number of amides is 2. The SMILES string of the molecule is CC(C)(C)OC(=O)N1CCN(c2ccc(Nc3ncc(Cl)c(Nc4ccccc4C(N)=O)n3)cc2)CC1. The van der Waals surface area contributed by atoms with Crippen molar-refractivity contribution in [2.24, 2.45) is 5.73 Å². The first-order valence-electron chi connectivity index (χ1n) is 11.9. The highest BCUT2D eigenvalue weighted by molar-refractivity contribution is 6.33. The van der Waals surface area contributed by atoms with E-state index in [1.54, 1.807) is 29.2 Å². The number of hydrogen-bond donors (Lipinski definition) is 3. The molecule has 1 aliphatic heterocycles. The summed E-state index contributed by atoms with van der Waals surface area (Å²) in [5.74, 6) is 0.118. The van der Waals surface area contributed by atoms with Gasteiger partial charge in [-0.1, -0.05) is 23.7 Å². The second-order valence-electron chi connectivity index (χ2n) is 9.55. The van der Waals surface area contributed by atoms with Crippen molar-refractivity contribution >= 4 is 52.4 Å². The highest BCUT2D eigenvalue weighted by Crippen LogP contribution is 2.27. The number of para-hydroxylation sites is 1. The molecule has 194 valence electrons. The van der Waals surface area contributed by atoms with Crippen LogP contribution in [0.15, 0.2) is 54.7 Å². The number of nitrogens with zero attached hydrogens (tertiary/aromatic N) is 4. The highest BCUT2D eigenvalue weighted by atomic mass is 35.5. The minimum atomic E-state index is -0.557. The Morgan fingerprint density at radius 1 is 1.00 bits per heavy atom. The lowest BCUT2D eigenvalue weighted by Gasteiger charge is -2.36. The zero-order chi connectivity index (χ0) is 26.6. The zero-order valence-corrected chi connectivity index (χ0v) is 21.7. The van der Waals surface area contributed by atoms with Gasteiger partial charge in [0, 0.05) is 37.6 Å². The van der Waals surface area contributed by atoms with Gasteiger partial charge in [-0.25, -0.2) is 9.78 Å². The summed E-state index contributed by atoms with van der Waals surface area (Å²) >= 11 is 6.28. The smallest absolute Gasteiger partial charge is 0.410 e. The molecule has 2 amide bonds. The molecule has 0 bridgehead atoms. The number of piperazine rings is 1. The average molecular weight is 524 g/mol. The molecule has 0 saturated carbocycles. The number of carbonyl (C=O) groups excluding carboxylic acids is 2. The van der Waals surface area contributed by atoms with Crippen molar-refractivity contribution in [2.45, 2.75) is 26.4 Å². The van der Waals surface area contributed by atoms with Gasteiger partial charge in [0.1, 0.15) is 10.6 Å². The predicted molar refractivity (Wildman–Crippen MR) is 145 cm³/mol. The number of nitrogens with two attached hydrogens (primary N) is 1. The molecule has 4 rings (SSSR count). The van der Waals surface area contributed by atoms with Crippen LogP contribution in [0.1, 0.15) is 31.1 Å².